The number of hydrogen-bond acceptors (Lipinski definition) is 3. The first kappa shape index (κ1) is 5.36. The van der Waals surface area contributed by atoms with Gasteiger partial charge in [0.25, 0.3) is 0 Å². The predicted octanol–water partition coefficient (Wildman–Crippen LogP) is -0.627. The van der Waals surface area contributed by atoms with Crippen LogP contribution in [0.3, 0.4) is 0 Å². The second-order valence-electron chi connectivity index (χ2n) is 0.623. The lowest BCUT2D eigenvalue weighted by Gasteiger charge is -1.83. The SMILES string of the molecule is NOC(=O)CF. The molecule has 0 aliphatic carbocycles. The summed E-state index contributed by atoms with van der Waals surface area (Å²) in [5.41, 5.74) is 0. The van der Waals surface area contributed by atoms with Crippen molar-refractivity contribution in [1.82, 2.24) is 0 Å². The lowest BCUT2D eigenvalue weighted by molar-refractivity contribution is -0.145. The van der Waals surface area contributed by atoms with E-state index in [1.165, 1.54) is 0 Å². The first-order chi connectivity index (χ1) is 2.81. The molecule has 0 bridgehead atoms. The van der Waals surface area contributed by atoms with Crippen molar-refractivity contribution in [3.05, 3.63) is 0 Å². The zero-order valence-electron chi connectivity index (χ0n) is 2.98. The third kappa shape index (κ3) is 1.66. The number of halogens is 1. The highest BCUT2D eigenvalue weighted by atomic mass is 19.1. The molecule has 3 nitrogen and oxygen atoms in total. The molecule has 2 N–H and O–H groups in total. The van der Waals surface area contributed by atoms with E-state index in [0.29, 0.717) is 0 Å². The van der Waals surface area contributed by atoms with Gasteiger partial charge in [0.1, 0.15) is 0 Å². The molecule has 0 aliphatic rings. The van der Waals surface area contributed by atoms with E-state index in [1.54, 1.807) is 0 Å². The van der Waals surface area contributed by atoms with E-state index in [0.717, 1.165) is 0 Å². The Morgan fingerprint density at radius 3 is 2.50 bits per heavy atom. The molecule has 0 saturated carbocycles. The van der Waals surface area contributed by atoms with Crippen LogP contribution in [-0.2, 0) is 9.63 Å². The van der Waals surface area contributed by atoms with Crippen LogP contribution in [0.15, 0.2) is 0 Å². The molecule has 36 valence electrons. The highest BCUT2D eigenvalue weighted by molar-refractivity contribution is 5.69. The van der Waals surface area contributed by atoms with E-state index >= 15 is 0 Å². The summed E-state index contributed by atoms with van der Waals surface area (Å²) in [5.74, 6) is 3.15. The van der Waals surface area contributed by atoms with E-state index in [2.05, 4.69) is 10.7 Å². The molecule has 0 rings (SSSR count). The van der Waals surface area contributed by atoms with Gasteiger partial charge < -0.3 is 4.84 Å². The van der Waals surface area contributed by atoms with Crippen molar-refractivity contribution in [2.75, 3.05) is 6.67 Å². The molecule has 0 heterocycles. The second-order valence-corrected chi connectivity index (χ2v) is 0.623. The van der Waals surface area contributed by atoms with Crippen molar-refractivity contribution < 1.29 is 14.0 Å². The molecular weight excluding hydrogens is 89.0 g/mol. The number of carbonyl (C=O) groups excluding carboxylic acids is 1. The Morgan fingerprint density at radius 2 is 2.50 bits per heavy atom. The lowest BCUT2D eigenvalue weighted by Crippen LogP contribution is -2.10. The normalized spacial score (nSPS) is 7.67. The zero-order valence-corrected chi connectivity index (χ0v) is 2.98. The Hall–Kier alpha value is -0.640. The predicted molar refractivity (Wildman–Crippen MR) is 16.3 cm³/mol. The minimum Gasteiger partial charge on any atom is -0.371 e. The molecule has 0 unspecified atom stereocenters. The van der Waals surface area contributed by atoms with E-state index in [4.69, 9.17) is 0 Å². The molecule has 0 spiro atoms. The van der Waals surface area contributed by atoms with Gasteiger partial charge in [0.15, 0.2) is 6.67 Å². The van der Waals surface area contributed by atoms with Crippen molar-refractivity contribution in [1.29, 1.82) is 0 Å². The summed E-state index contributed by atoms with van der Waals surface area (Å²) in [6.45, 7) is -1.16. The molecule has 0 aromatic carbocycles. The van der Waals surface area contributed by atoms with E-state index in [1.807, 2.05) is 0 Å². The van der Waals surface area contributed by atoms with E-state index in [-0.39, 0.29) is 0 Å². The average Bonchev–Trinajstić information content (AvgIpc) is 1.65. The van der Waals surface area contributed by atoms with Gasteiger partial charge in [-0.1, -0.05) is 0 Å². The minimum absolute atomic E-state index is 1.05. The molecule has 4 heteroatoms. The van der Waals surface area contributed by atoms with Crippen molar-refractivity contribution in [3.8, 4) is 0 Å². The fraction of sp³-hybridized carbons (Fsp3) is 0.500. The standard InChI is InChI=1S/C2H4FNO2/c3-1-2(5)6-4/h1,4H2. The van der Waals surface area contributed by atoms with Crippen LogP contribution >= 0.6 is 0 Å². The van der Waals surface area contributed by atoms with Gasteiger partial charge in [-0.3, -0.25) is 0 Å². The topological polar surface area (TPSA) is 52.3 Å². The first-order valence-corrected chi connectivity index (χ1v) is 1.26. The van der Waals surface area contributed by atoms with Crippen LogP contribution < -0.4 is 5.90 Å². The Labute approximate surface area is 33.8 Å². The number of hydrogen-bond donors (Lipinski definition) is 1. The van der Waals surface area contributed by atoms with Crippen LogP contribution in [0.2, 0.25) is 0 Å². The fourth-order valence-corrected chi connectivity index (χ4v) is 0.0315. The zero-order chi connectivity index (χ0) is 4.99. The monoisotopic (exact) mass is 93.0 g/mol. The molecule has 0 aromatic rings. The molecule has 0 saturated heterocycles. The summed E-state index contributed by atoms with van der Waals surface area (Å²) in [6, 6.07) is 0. The molecule has 0 amide bonds. The first-order valence-electron chi connectivity index (χ1n) is 1.26. The summed E-state index contributed by atoms with van der Waals surface area (Å²) in [5, 5.41) is 0. The van der Waals surface area contributed by atoms with Gasteiger partial charge in [-0.2, -0.15) is 5.90 Å². The summed E-state index contributed by atoms with van der Waals surface area (Å²) < 4.78 is 10.8. The van der Waals surface area contributed by atoms with Crippen LogP contribution in [0.5, 0.6) is 0 Å². The van der Waals surface area contributed by atoms with Gasteiger partial charge in [0.05, 0.1) is 0 Å². The summed E-state index contributed by atoms with van der Waals surface area (Å²) >= 11 is 0. The Bertz CT molecular complexity index is 49.5. The van der Waals surface area contributed by atoms with Gasteiger partial charge in [0.2, 0.25) is 0 Å². The van der Waals surface area contributed by atoms with Gasteiger partial charge in [-0.05, 0) is 0 Å². The van der Waals surface area contributed by atoms with Crippen molar-refractivity contribution >= 4 is 5.97 Å². The quantitative estimate of drug-likeness (QED) is 0.439. The average molecular weight is 93.1 g/mol. The van der Waals surface area contributed by atoms with Crippen molar-refractivity contribution in [2.45, 2.75) is 0 Å². The van der Waals surface area contributed by atoms with Crippen LogP contribution in [0.4, 0.5) is 4.39 Å². The number of alkyl halides is 1. The molecule has 0 aromatic heterocycles. The summed E-state index contributed by atoms with van der Waals surface area (Å²) in [6.07, 6.45) is 0. The number of nitrogens with two attached hydrogens (primary N) is 1. The third-order valence-electron chi connectivity index (χ3n) is 0.241. The van der Waals surface area contributed by atoms with Crippen molar-refractivity contribution in [3.63, 3.8) is 0 Å². The largest absolute Gasteiger partial charge is 0.371 e. The second kappa shape index (κ2) is 2.59. The highest BCUT2D eigenvalue weighted by Gasteiger charge is 1.92. The maximum atomic E-state index is 10.8. The van der Waals surface area contributed by atoms with Crippen LogP contribution in [0, 0.1) is 0 Å². The van der Waals surface area contributed by atoms with Gasteiger partial charge in [0, 0.05) is 0 Å². The van der Waals surface area contributed by atoms with Crippen molar-refractivity contribution in [2.24, 2.45) is 5.90 Å². The highest BCUT2D eigenvalue weighted by Crippen LogP contribution is 1.67. The van der Waals surface area contributed by atoms with E-state index < -0.39 is 12.6 Å². The number of rotatable bonds is 1. The van der Waals surface area contributed by atoms with Crippen LogP contribution in [0.1, 0.15) is 0 Å². The summed E-state index contributed by atoms with van der Waals surface area (Å²) in [7, 11) is 0. The summed E-state index contributed by atoms with van der Waals surface area (Å²) in [4.78, 5) is 12.8. The van der Waals surface area contributed by atoms with Gasteiger partial charge >= 0.3 is 5.97 Å². The third-order valence-corrected chi connectivity index (χ3v) is 0.241. The smallest absolute Gasteiger partial charge is 0.355 e. The Balaban J connectivity index is 2.99. The van der Waals surface area contributed by atoms with Gasteiger partial charge in [-0.15, -0.1) is 0 Å². The molecule has 0 radical (unpaired) electrons. The minimum atomic E-state index is -1.16. The fourth-order valence-electron chi connectivity index (χ4n) is 0.0315. The molecule has 0 aliphatic heterocycles. The molecular formula is C2H4FNO2. The van der Waals surface area contributed by atoms with E-state index in [9.17, 15) is 9.18 Å². The molecule has 6 heavy (non-hydrogen) atoms. The van der Waals surface area contributed by atoms with Gasteiger partial charge in [-0.25, -0.2) is 9.18 Å². The van der Waals surface area contributed by atoms with Crippen LogP contribution in [-0.4, -0.2) is 12.6 Å². The lowest BCUT2D eigenvalue weighted by atomic mass is 10.8. The molecule has 0 atom stereocenters. The maximum Gasteiger partial charge on any atom is 0.355 e. The Kier molecular flexibility index (Phi) is 2.31. The molecule has 0 fully saturated rings. The van der Waals surface area contributed by atoms with Crippen LogP contribution in [0.25, 0.3) is 0 Å². The Morgan fingerprint density at radius 1 is 2.00 bits per heavy atom. The maximum absolute atomic E-state index is 10.8. The number of carbonyl (C=O) groups is 1.